The molecule has 0 aliphatic carbocycles. The highest BCUT2D eigenvalue weighted by Gasteiger charge is 2.14. The summed E-state index contributed by atoms with van der Waals surface area (Å²) in [7, 11) is 1.87. The van der Waals surface area contributed by atoms with E-state index in [-0.39, 0.29) is 11.9 Å². The number of benzene rings is 1. The molecule has 2 aromatic rings. The third-order valence-corrected chi connectivity index (χ3v) is 3.64. The Balaban J connectivity index is 2.21. The maximum atomic E-state index is 13.1. The van der Waals surface area contributed by atoms with Crippen LogP contribution in [0, 0.1) is 12.7 Å². The fourth-order valence-electron chi connectivity index (χ4n) is 1.81. The van der Waals surface area contributed by atoms with Crippen molar-refractivity contribution in [2.24, 2.45) is 0 Å². The van der Waals surface area contributed by atoms with Crippen molar-refractivity contribution < 1.29 is 4.39 Å². The van der Waals surface area contributed by atoms with Crippen molar-refractivity contribution in [2.45, 2.75) is 19.4 Å². The van der Waals surface area contributed by atoms with E-state index in [1.54, 1.807) is 18.5 Å². The van der Waals surface area contributed by atoms with E-state index < -0.39 is 0 Å². The van der Waals surface area contributed by atoms with Crippen molar-refractivity contribution in [1.82, 2.24) is 15.3 Å². The summed E-state index contributed by atoms with van der Waals surface area (Å²) < 4.78 is 13.8. The van der Waals surface area contributed by atoms with Gasteiger partial charge in [0.25, 0.3) is 0 Å². The molecule has 1 atom stereocenters. The van der Waals surface area contributed by atoms with Gasteiger partial charge in [0.15, 0.2) is 0 Å². The fourth-order valence-corrected chi connectivity index (χ4v) is 2.32. The largest absolute Gasteiger partial charge is 0.310 e. The van der Waals surface area contributed by atoms with E-state index in [1.807, 2.05) is 14.0 Å². The summed E-state index contributed by atoms with van der Waals surface area (Å²) in [5.74, 6) is 0.493. The molecule has 0 fully saturated rings. The van der Waals surface area contributed by atoms with Gasteiger partial charge in [0.2, 0.25) is 0 Å². The Morgan fingerprint density at radius 3 is 2.58 bits per heavy atom. The van der Waals surface area contributed by atoms with Gasteiger partial charge < -0.3 is 5.32 Å². The van der Waals surface area contributed by atoms with Crippen LogP contribution in [0.5, 0.6) is 0 Å². The molecule has 1 aromatic carbocycles. The summed E-state index contributed by atoms with van der Waals surface area (Å²) in [6.07, 6.45) is 4.29. The monoisotopic (exact) mass is 323 g/mol. The van der Waals surface area contributed by atoms with Crippen LogP contribution in [0.3, 0.4) is 0 Å². The molecule has 1 heterocycles. The summed E-state index contributed by atoms with van der Waals surface area (Å²) in [6, 6.07) is 4.71. The molecule has 0 spiro atoms. The molecule has 100 valence electrons. The second kappa shape index (κ2) is 6.21. The minimum atomic E-state index is -0.247. The summed E-state index contributed by atoms with van der Waals surface area (Å²) in [4.78, 5) is 8.66. The van der Waals surface area contributed by atoms with Crippen LogP contribution in [0.4, 0.5) is 4.39 Å². The van der Waals surface area contributed by atoms with Gasteiger partial charge in [-0.2, -0.15) is 0 Å². The van der Waals surface area contributed by atoms with Crippen LogP contribution in [0.25, 0.3) is 0 Å². The molecule has 0 saturated heterocycles. The molecular formula is C14H15BrFN3. The van der Waals surface area contributed by atoms with Crippen LogP contribution < -0.4 is 5.32 Å². The van der Waals surface area contributed by atoms with E-state index in [9.17, 15) is 4.39 Å². The first-order chi connectivity index (χ1) is 9.10. The molecule has 1 unspecified atom stereocenters. The van der Waals surface area contributed by atoms with E-state index in [4.69, 9.17) is 0 Å². The molecule has 0 aliphatic heterocycles. The zero-order chi connectivity index (χ0) is 13.8. The van der Waals surface area contributed by atoms with Crippen molar-refractivity contribution >= 4 is 15.9 Å². The number of hydrogen-bond donors (Lipinski definition) is 1. The number of hydrogen-bond acceptors (Lipinski definition) is 3. The van der Waals surface area contributed by atoms with Gasteiger partial charge in [-0.1, -0.05) is 22.0 Å². The predicted octanol–water partition coefficient (Wildman–Crippen LogP) is 3.19. The zero-order valence-electron chi connectivity index (χ0n) is 10.8. The molecule has 3 nitrogen and oxygen atoms in total. The molecule has 0 aliphatic rings. The molecule has 0 bridgehead atoms. The Bertz CT molecular complexity index is 557. The van der Waals surface area contributed by atoms with Gasteiger partial charge >= 0.3 is 0 Å². The molecule has 0 saturated carbocycles. The summed E-state index contributed by atoms with van der Waals surface area (Å²) in [6.45, 7) is 1.95. The molecule has 5 heteroatoms. The highest BCUT2D eigenvalue weighted by Crippen LogP contribution is 2.23. The lowest BCUT2D eigenvalue weighted by molar-refractivity contribution is 0.554. The molecule has 0 radical (unpaired) electrons. The normalized spacial score (nSPS) is 12.4. The average molecular weight is 324 g/mol. The quantitative estimate of drug-likeness (QED) is 0.939. The highest BCUT2D eigenvalue weighted by molar-refractivity contribution is 9.10. The van der Waals surface area contributed by atoms with Gasteiger partial charge in [-0.05, 0) is 43.7 Å². The van der Waals surface area contributed by atoms with Crippen LogP contribution in [-0.2, 0) is 6.42 Å². The van der Waals surface area contributed by atoms with Crippen LogP contribution in [0.15, 0.2) is 35.1 Å². The smallest absolute Gasteiger partial charge is 0.145 e. The SMILES string of the molecule is CNC(Cc1ccc(F)cc1Br)c1ncc(C)cn1. The van der Waals surface area contributed by atoms with Gasteiger partial charge in [-0.3, -0.25) is 0 Å². The standard InChI is InChI=1S/C14H15BrFN3/c1-9-7-18-14(19-8-9)13(17-2)5-10-3-4-11(16)6-12(10)15/h3-4,6-8,13,17H,5H2,1-2H3. The summed E-state index contributed by atoms with van der Waals surface area (Å²) in [5, 5.41) is 3.19. The van der Waals surface area contributed by atoms with E-state index in [2.05, 4.69) is 31.2 Å². The zero-order valence-corrected chi connectivity index (χ0v) is 12.4. The molecule has 1 aromatic heterocycles. The number of aryl methyl sites for hydroxylation is 1. The van der Waals surface area contributed by atoms with Gasteiger partial charge in [0.1, 0.15) is 11.6 Å². The van der Waals surface area contributed by atoms with E-state index in [0.29, 0.717) is 6.42 Å². The Hall–Kier alpha value is -1.33. The number of likely N-dealkylation sites (N-methyl/N-ethyl adjacent to an activating group) is 1. The second-order valence-electron chi connectivity index (χ2n) is 4.40. The van der Waals surface area contributed by atoms with Gasteiger partial charge in [-0.15, -0.1) is 0 Å². The average Bonchev–Trinajstić information content (AvgIpc) is 2.39. The molecule has 1 N–H and O–H groups in total. The van der Waals surface area contributed by atoms with E-state index in [1.165, 1.54) is 12.1 Å². The number of aromatic nitrogens is 2. The van der Waals surface area contributed by atoms with Crippen LogP contribution in [0.1, 0.15) is 23.0 Å². The maximum Gasteiger partial charge on any atom is 0.145 e. The first kappa shape index (κ1) is 14.1. The number of halogens is 2. The Morgan fingerprint density at radius 1 is 1.32 bits per heavy atom. The van der Waals surface area contributed by atoms with Gasteiger partial charge in [0, 0.05) is 16.9 Å². The Kier molecular flexibility index (Phi) is 4.61. The lowest BCUT2D eigenvalue weighted by atomic mass is 10.1. The summed E-state index contributed by atoms with van der Waals surface area (Å²) in [5.41, 5.74) is 2.05. The van der Waals surface area contributed by atoms with Gasteiger partial charge in [0.05, 0.1) is 6.04 Å². The van der Waals surface area contributed by atoms with Crippen molar-refractivity contribution in [3.8, 4) is 0 Å². The van der Waals surface area contributed by atoms with Crippen molar-refractivity contribution in [2.75, 3.05) is 7.05 Å². The molecule has 0 amide bonds. The predicted molar refractivity (Wildman–Crippen MR) is 76.4 cm³/mol. The van der Waals surface area contributed by atoms with Crippen LogP contribution in [0.2, 0.25) is 0 Å². The highest BCUT2D eigenvalue weighted by atomic mass is 79.9. The molecule has 2 rings (SSSR count). The number of rotatable bonds is 4. The van der Waals surface area contributed by atoms with Crippen molar-refractivity contribution in [3.05, 3.63) is 57.8 Å². The van der Waals surface area contributed by atoms with Crippen LogP contribution in [-0.4, -0.2) is 17.0 Å². The first-order valence-electron chi connectivity index (χ1n) is 6.00. The lowest BCUT2D eigenvalue weighted by Gasteiger charge is -2.15. The van der Waals surface area contributed by atoms with Crippen molar-refractivity contribution in [3.63, 3.8) is 0 Å². The molecular weight excluding hydrogens is 309 g/mol. The number of nitrogens with zero attached hydrogens (tertiary/aromatic N) is 2. The Morgan fingerprint density at radius 2 is 2.00 bits per heavy atom. The van der Waals surface area contributed by atoms with E-state index >= 15 is 0 Å². The lowest BCUT2D eigenvalue weighted by Crippen LogP contribution is -2.21. The van der Waals surface area contributed by atoms with Crippen LogP contribution >= 0.6 is 15.9 Å². The number of nitrogens with one attached hydrogen (secondary N) is 1. The maximum absolute atomic E-state index is 13.1. The third-order valence-electron chi connectivity index (χ3n) is 2.90. The summed E-state index contributed by atoms with van der Waals surface area (Å²) >= 11 is 3.38. The minimum absolute atomic E-state index is 0.00219. The topological polar surface area (TPSA) is 37.8 Å². The first-order valence-corrected chi connectivity index (χ1v) is 6.79. The van der Waals surface area contributed by atoms with E-state index in [0.717, 1.165) is 21.4 Å². The minimum Gasteiger partial charge on any atom is -0.310 e. The van der Waals surface area contributed by atoms with Gasteiger partial charge in [-0.25, -0.2) is 14.4 Å². The Labute approximate surface area is 120 Å². The fraction of sp³-hybridized carbons (Fsp3) is 0.286. The second-order valence-corrected chi connectivity index (χ2v) is 5.25. The van der Waals surface area contributed by atoms with Crippen molar-refractivity contribution in [1.29, 1.82) is 0 Å². The molecule has 19 heavy (non-hydrogen) atoms. The third kappa shape index (κ3) is 3.58.